The Hall–Kier alpha value is -1.74. The summed E-state index contributed by atoms with van der Waals surface area (Å²) in [5.74, 6) is 0. The van der Waals surface area contributed by atoms with Gasteiger partial charge in [-0.3, -0.25) is 4.98 Å². The summed E-state index contributed by atoms with van der Waals surface area (Å²) in [6.45, 7) is 4.10. The number of fused-ring (bicyclic) bond motifs is 1. The Morgan fingerprint density at radius 1 is 1.12 bits per heavy atom. The molecule has 0 aliphatic heterocycles. The maximum absolute atomic E-state index is 4.55. The third-order valence-electron chi connectivity index (χ3n) is 2.70. The number of aromatic nitrogens is 2. The largest absolute Gasteiger partial charge is 0.253 e. The van der Waals surface area contributed by atoms with Crippen LogP contribution in [0.2, 0.25) is 0 Å². The van der Waals surface area contributed by atoms with Crippen molar-refractivity contribution in [3.05, 3.63) is 47.1 Å². The molecular formula is C14H12N2S. The maximum Gasteiger partial charge on any atom is 0.124 e. The van der Waals surface area contributed by atoms with E-state index in [2.05, 4.69) is 29.0 Å². The van der Waals surface area contributed by atoms with E-state index < -0.39 is 0 Å². The molecule has 0 radical (unpaired) electrons. The molecule has 0 atom stereocenters. The van der Waals surface area contributed by atoms with Gasteiger partial charge in [0.25, 0.3) is 0 Å². The zero-order valence-electron chi connectivity index (χ0n) is 9.77. The maximum atomic E-state index is 4.55. The molecule has 0 fully saturated rings. The number of para-hydroxylation sites is 1. The van der Waals surface area contributed by atoms with E-state index >= 15 is 0 Å². The van der Waals surface area contributed by atoms with Crippen molar-refractivity contribution in [1.29, 1.82) is 0 Å². The first-order valence-corrected chi connectivity index (χ1v) is 6.35. The predicted octanol–water partition coefficient (Wildman–Crippen LogP) is 3.98. The molecule has 0 N–H and O–H groups in total. The second kappa shape index (κ2) is 3.93. The summed E-state index contributed by atoms with van der Waals surface area (Å²) in [5.41, 5.74) is 3.26. The number of rotatable bonds is 1. The van der Waals surface area contributed by atoms with Crippen molar-refractivity contribution in [2.24, 2.45) is 0 Å². The number of pyridine rings is 1. The van der Waals surface area contributed by atoms with E-state index in [1.165, 1.54) is 15.8 Å². The molecular weight excluding hydrogens is 228 g/mol. The normalized spacial score (nSPS) is 10.9. The quantitative estimate of drug-likeness (QED) is 0.643. The van der Waals surface area contributed by atoms with E-state index in [0.717, 1.165) is 16.2 Å². The lowest BCUT2D eigenvalue weighted by atomic mass is 10.1. The fourth-order valence-corrected chi connectivity index (χ4v) is 2.76. The average Bonchev–Trinajstić information content (AvgIpc) is 2.74. The van der Waals surface area contributed by atoms with Gasteiger partial charge in [0, 0.05) is 27.7 Å². The molecule has 0 spiro atoms. The second-order valence-corrected chi connectivity index (χ2v) is 5.34. The van der Waals surface area contributed by atoms with E-state index in [0.29, 0.717) is 0 Å². The van der Waals surface area contributed by atoms with Crippen LogP contribution in [0.3, 0.4) is 0 Å². The topological polar surface area (TPSA) is 25.8 Å². The molecule has 3 rings (SSSR count). The van der Waals surface area contributed by atoms with Crippen molar-refractivity contribution >= 4 is 22.2 Å². The predicted molar refractivity (Wildman–Crippen MR) is 72.3 cm³/mol. The number of thiazole rings is 1. The van der Waals surface area contributed by atoms with Crippen LogP contribution < -0.4 is 0 Å². The lowest BCUT2D eigenvalue weighted by Crippen LogP contribution is -1.87. The lowest BCUT2D eigenvalue weighted by molar-refractivity contribution is 1.25. The minimum Gasteiger partial charge on any atom is -0.253 e. The van der Waals surface area contributed by atoms with Crippen LogP contribution in [0.1, 0.15) is 10.6 Å². The highest BCUT2D eigenvalue weighted by Crippen LogP contribution is 2.31. The Labute approximate surface area is 104 Å². The van der Waals surface area contributed by atoms with Crippen LogP contribution in [0.25, 0.3) is 21.5 Å². The second-order valence-electron chi connectivity index (χ2n) is 4.10. The molecule has 3 heteroatoms. The SMILES string of the molecule is Cc1cc(-c2ncc(C)s2)c2ccccc2n1. The van der Waals surface area contributed by atoms with E-state index in [4.69, 9.17) is 0 Å². The van der Waals surface area contributed by atoms with Gasteiger partial charge in [-0.1, -0.05) is 18.2 Å². The van der Waals surface area contributed by atoms with Crippen molar-refractivity contribution in [3.63, 3.8) is 0 Å². The molecule has 0 unspecified atom stereocenters. The van der Waals surface area contributed by atoms with Crippen LogP contribution in [0.5, 0.6) is 0 Å². The van der Waals surface area contributed by atoms with Crippen LogP contribution in [-0.4, -0.2) is 9.97 Å². The van der Waals surface area contributed by atoms with Gasteiger partial charge in [0.2, 0.25) is 0 Å². The number of aryl methyl sites for hydroxylation is 2. The highest BCUT2D eigenvalue weighted by molar-refractivity contribution is 7.15. The monoisotopic (exact) mass is 240 g/mol. The molecule has 2 aromatic heterocycles. The van der Waals surface area contributed by atoms with Gasteiger partial charge in [0.05, 0.1) is 5.52 Å². The van der Waals surface area contributed by atoms with Crippen LogP contribution in [0, 0.1) is 13.8 Å². The Morgan fingerprint density at radius 3 is 2.71 bits per heavy atom. The third kappa shape index (κ3) is 1.83. The van der Waals surface area contributed by atoms with E-state index in [9.17, 15) is 0 Å². The van der Waals surface area contributed by atoms with Crippen LogP contribution in [0.4, 0.5) is 0 Å². The van der Waals surface area contributed by atoms with Crippen molar-refractivity contribution in [3.8, 4) is 10.6 Å². The summed E-state index contributed by atoms with van der Waals surface area (Å²) in [7, 11) is 0. The molecule has 0 saturated heterocycles. The Kier molecular flexibility index (Phi) is 2.41. The van der Waals surface area contributed by atoms with Crippen molar-refractivity contribution in [2.75, 3.05) is 0 Å². The van der Waals surface area contributed by atoms with Crippen molar-refractivity contribution < 1.29 is 0 Å². The van der Waals surface area contributed by atoms with Gasteiger partial charge in [0.1, 0.15) is 5.01 Å². The molecule has 0 saturated carbocycles. The van der Waals surface area contributed by atoms with Crippen LogP contribution in [0.15, 0.2) is 36.5 Å². The van der Waals surface area contributed by atoms with Gasteiger partial charge in [-0.2, -0.15) is 0 Å². The first-order valence-electron chi connectivity index (χ1n) is 5.53. The molecule has 0 aliphatic carbocycles. The molecule has 3 aromatic rings. The highest BCUT2D eigenvalue weighted by atomic mass is 32.1. The molecule has 2 nitrogen and oxygen atoms in total. The fourth-order valence-electron chi connectivity index (χ4n) is 1.96. The van der Waals surface area contributed by atoms with Gasteiger partial charge in [0.15, 0.2) is 0 Å². The van der Waals surface area contributed by atoms with Gasteiger partial charge >= 0.3 is 0 Å². The summed E-state index contributed by atoms with van der Waals surface area (Å²) in [4.78, 5) is 10.2. The number of hydrogen-bond donors (Lipinski definition) is 0. The summed E-state index contributed by atoms with van der Waals surface area (Å²) < 4.78 is 0. The minimum absolute atomic E-state index is 1.03. The minimum atomic E-state index is 1.03. The standard InChI is InChI=1S/C14H12N2S/c1-9-7-12(14-15-8-10(2)17-14)11-5-3-4-6-13(11)16-9/h3-8H,1-2H3. The summed E-state index contributed by atoms with van der Waals surface area (Å²) in [6, 6.07) is 10.3. The molecule has 2 heterocycles. The Balaban J connectivity index is 2.35. The summed E-state index contributed by atoms with van der Waals surface area (Å²) in [6.07, 6.45) is 1.92. The Bertz CT molecular complexity index is 686. The summed E-state index contributed by atoms with van der Waals surface area (Å²) in [5, 5.41) is 2.25. The van der Waals surface area contributed by atoms with Gasteiger partial charge in [-0.15, -0.1) is 11.3 Å². The zero-order chi connectivity index (χ0) is 11.8. The smallest absolute Gasteiger partial charge is 0.124 e. The number of hydrogen-bond acceptors (Lipinski definition) is 3. The van der Waals surface area contributed by atoms with E-state index in [1.54, 1.807) is 11.3 Å². The first-order chi connectivity index (χ1) is 8.24. The average molecular weight is 240 g/mol. The number of benzene rings is 1. The molecule has 0 bridgehead atoms. The lowest BCUT2D eigenvalue weighted by Gasteiger charge is -2.04. The van der Waals surface area contributed by atoms with E-state index in [1.807, 2.05) is 31.3 Å². The fraction of sp³-hybridized carbons (Fsp3) is 0.143. The van der Waals surface area contributed by atoms with Gasteiger partial charge in [-0.25, -0.2) is 4.98 Å². The van der Waals surface area contributed by atoms with Crippen LogP contribution >= 0.6 is 11.3 Å². The molecule has 17 heavy (non-hydrogen) atoms. The third-order valence-corrected chi connectivity index (χ3v) is 3.64. The van der Waals surface area contributed by atoms with Crippen molar-refractivity contribution in [1.82, 2.24) is 9.97 Å². The van der Waals surface area contributed by atoms with Gasteiger partial charge in [-0.05, 0) is 26.0 Å². The van der Waals surface area contributed by atoms with Gasteiger partial charge < -0.3 is 0 Å². The number of nitrogens with zero attached hydrogens (tertiary/aromatic N) is 2. The molecule has 1 aromatic carbocycles. The van der Waals surface area contributed by atoms with Crippen LogP contribution in [-0.2, 0) is 0 Å². The Morgan fingerprint density at radius 2 is 1.94 bits per heavy atom. The highest BCUT2D eigenvalue weighted by Gasteiger charge is 2.08. The van der Waals surface area contributed by atoms with E-state index in [-0.39, 0.29) is 0 Å². The molecule has 84 valence electrons. The zero-order valence-corrected chi connectivity index (χ0v) is 10.6. The van der Waals surface area contributed by atoms with Crippen molar-refractivity contribution in [2.45, 2.75) is 13.8 Å². The molecule has 0 aliphatic rings. The first kappa shape index (κ1) is 10.4. The molecule has 0 amide bonds. The summed E-state index contributed by atoms with van der Waals surface area (Å²) >= 11 is 1.73.